The first kappa shape index (κ1) is 17.2. The van der Waals surface area contributed by atoms with Crippen LogP contribution >= 0.6 is 7.41 Å². The molecule has 33 heavy (non-hydrogen) atoms. The van der Waals surface area contributed by atoms with Crippen molar-refractivity contribution in [2.75, 3.05) is 31.6 Å². The third-order valence-electron chi connectivity index (χ3n) is 8.48. The molecule has 9 rings (SSSR count). The van der Waals surface area contributed by atoms with Gasteiger partial charge < -0.3 is 0 Å². The van der Waals surface area contributed by atoms with Gasteiger partial charge in [0.25, 0.3) is 0 Å². The van der Waals surface area contributed by atoms with Crippen molar-refractivity contribution >= 4 is 51.3 Å². The van der Waals surface area contributed by atoms with Gasteiger partial charge in [0.1, 0.15) is 0 Å². The number of allylic oxidation sites excluding steroid dienone is 2. The molecule has 6 heteroatoms. The quantitative estimate of drug-likeness (QED) is 0.374. The molecule has 6 heterocycles. The first-order valence-electron chi connectivity index (χ1n) is 11.8. The summed E-state index contributed by atoms with van der Waals surface area (Å²) in [5.74, 6) is 3.80. The second-order valence-corrected chi connectivity index (χ2v) is 13.4. The molecule has 162 valence electrons. The number of nitrogens with zero attached hydrogens (tertiary/aromatic N) is 4. The third kappa shape index (κ3) is 1.67. The Labute approximate surface area is 192 Å². The summed E-state index contributed by atoms with van der Waals surface area (Å²) in [5.41, 5.74) is 4.03. The van der Waals surface area contributed by atoms with Gasteiger partial charge in [0, 0.05) is 0 Å². The molecule has 1 atom stereocenters. The predicted octanol–water partition coefficient (Wildman–Crippen LogP) is 4.25. The third-order valence-corrected chi connectivity index (χ3v) is 13.7. The number of ether oxygens (including phenoxy) is 1. The summed E-state index contributed by atoms with van der Waals surface area (Å²) in [5, 5.41) is 5.60. The van der Waals surface area contributed by atoms with Crippen molar-refractivity contribution in [3.63, 3.8) is 0 Å². The van der Waals surface area contributed by atoms with Crippen molar-refractivity contribution in [1.82, 2.24) is 14.1 Å². The minimum absolute atomic E-state index is 0.364. The molecule has 1 fully saturated rings. The van der Waals surface area contributed by atoms with E-state index in [-0.39, 0.29) is 0 Å². The van der Waals surface area contributed by atoms with Gasteiger partial charge in [-0.15, -0.1) is 0 Å². The van der Waals surface area contributed by atoms with Crippen molar-refractivity contribution in [2.45, 2.75) is 5.91 Å². The summed E-state index contributed by atoms with van der Waals surface area (Å²) in [6.45, 7) is 3.11. The molecule has 5 nitrogen and oxygen atoms in total. The molecule has 3 aromatic carbocycles. The molecule has 5 aliphatic rings. The molecule has 1 unspecified atom stereocenters. The molecular weight excluding hydrogens is 427 g/mol. The molecule has 0 bridgehead atoms. The van der Waals surface area contributed by atoms with Crippen LogP contribution in [-0.4, -0.2) is 46.7 Å². The van der Waals surface area contributed by atoms with Gasteiger partial charge in [0.05, 0.1) is 0 Å². The van der Waals surface area contributed by atoms with Crippen LogP contribution in [0, 0.1) is 0 Å². The summed E-state index contributed by atoms with van der Waals surface area (Å²) in [4.78, 5) is 5.29. The maximum atomic E-state index is 6.72. The van der Waals surface area contributed by atoms with E-state index in [4.69, 9.17) is 4.74 Å². The first-order valence-corrected chi connectivity index (χ1v) is 13.8. The number of rotatable bonds is 0. The zero-order chi connectivity index (χ0) is 21.5. The Bertz CT molecular complexity index is 1630. The number of anilines is 1. The van der Waals surface area contributed by atoms with Crippen LogP contribution in [0.4, 0.5) is 5.69 Å². The van der Waals surface area contributed by atoms with E-state index in [1.165, 1.54) is 43.9 Å². The average molecular weight is 450 g/mol. The summed E-state index contributed by atoms with van der Waals surface area (Å²) < 4.78 is 12.0. The van der Waals surface area contributed by atoms with E-state index < -0.39 is 7.41 Å². The van der Waals surface area contributed by atoms with Gasteiger partial charge in [-0.3, -0.25) is 0 Å². The van der Waals surface area contributed by atoms with Crippen molar-refractivity contribution in [3.8, 4) is 11.5 Å². The fourth-order valence-electron chi connectivity index (χ4n) is 7.44. The molecule has 0 saturated carbocycles. The molecule has 1 saturated heterocycles. The fourth-order valence-corrected chi connectivity index (χ4v) is 13.7. The number of para-hydroxylation sites is 1. The first-order chi connectivity index (χ1) is 16.3. The summed E-state index contributed by atoms with van der Waals surface area (Å²) in [6.07, 6.45) is 6.91. The topological polar surface area (TPSA) is 23.9 Å². The summed E-state index contributed by atoms with van der Waals surface area (Å²) in [6, 6.07) is 20.1. The molecule has 0 aliphatic carbocycles. The standard InChI is InChI=1S/C27H23N4OP/c1-28-15-16-29-20-9-6-10-21-25(20)33(27(28)29)26-22(32-21)13-12-18-17-7-2-3-8-19(17)31(24(18)26)23-11-4-5-14-30(23)33/h2-13,27,33H,14-16H2,1H3. The Hall–Kier alpha value is -3.27. The number of likely N-dealkylation sites (N-methyl/N-ethyl adjacent to an activating group) is 1. The number of hydrogen-bond donors (Lipinski definition) is 0. The second kappa shape index (κ2) is 5.44. The second-order valence-electron chi connectivity index (χ2n) is 9.82. The number of aromatic nitrogens is 1. The molecule has 5 aliphatic heterocycles. The zero-order valence-corrected chi connectivity index (χ0v) is 19.3. The van der Waals surface area contributed by atoms with Gasteiger partial charge in [-0.05, 0) is 0 Å². The molecule has 0 N–H and O–H groups in total. The van der Waals surface area contributed by atoms with Crippen LogP contribution in [-0.2, 0) is 0 Å². The van der Waals surface area contributed by atoms with Gasteiger partial charge in [-0.1, -0.05) is 0 Å². The van der Waals surface area contributed by atoms with Gasteiger partial charge in [-0.25, -0.2) is 0 Å². The van der Waals surface area contributed by atoms with Gasteiger partial charge in [-0.2, -0.15) is 0 Å². The van der Waals surface area contributed by atoms with Crippen LogP contribution in [0.1, 0.15) is 0 Å². The van der Waals surface area contributed by atoms with Gasteiger partial charge >= 0.3 is 192 Å². The number of hydrogen-bond acceptors (Lipinski definition) is 4. The van der Waals surface area contributed by atoms with E-state index in [1.54, 1.807) is 0 Å². The Morgan fingerprint density at radius 2 is 1.82 bits per heavy atom. The van der Waals surface area contributed by atoms with E-state index in [0.29, 0.717) is 5.91 Å². The number of fused-ring (bicyclic) bond motifs is 7. The Kier molecular flexibility index (Phi) is 2.84. The monoisotopic (exact) mass is 450 g/mol. The normalized spacial score (nSPS) is 23.9. The molecule has 0 amide bonds. The van der Waals surface area contributed by atoms with Crippen molar-refractivity contribution < 1.29 is 4.74 Å². The van der Waals surface area contributed by atoms with Gasteiger partial charge in [0.15, 0.2) is 0 Å². The van der Waals surface area contributed by atoms with E-state index in [9.17, 15) is 0 Å². The van der Waals surface area contributed by atoms with Crippen LogP contribution in [0.15, 0.2) is 72.8 Å². The van der Waals surface area contributed by atoms with E-state index in [2.05, 4.69) is 98.9 Å². The molecule has 0 radical (unpaired) electrons. The average Bonchev–Trinajstić information content (AvgIpc) is 3.50. The van der Waals surface area contributed by atoms with Crippen LogP contribution in [0.3, 0.4) is 0 Å². The minimum atomic E-state index is -2.47. The van der Waals surface area contributed by atoms with Crippen LogP contribution in [0.25, 0.3) is 27.6 Å². The Morgan fingerprint density at radius 1 is 0.909 bits per heavy atom. The summed E-state index contributed by atoms with van der Waals surface area (Å²) >= 11 is 0. The van der Waals surface area contributed by atoms with Crippen LogP contribution < -0.4 is 20.2 Å². The molecule has 4 aromatic rings. The summed E-state index contributed by atoms with van der Waals surface area (Å²) in [7, 11) is -0.146. The van der Waals surface area contributed by atoms with E-state index in [0.717, 1.165) is 31.1 Å². The molecule has 1 aromatic heterocycles. The van der Waals surface area contributed by atoms with Crippen LogP contribution in [0.5, 0.6) is 11.5 Å². The van der Waals surface area contributed by atoms with Crippen molar-refractivity contribution in [1.29, 1.82) is 0 Å². The van der Waals surface area contributed by atoms with E-state index in [1.807, 2.05) is 0 Å². The Morgan fingerprint density at radius 3 is 2.79 bits per heavy atom. The molecular formula is C27H23N4OP. The van der Waals surface area contributed by atoms with Gasteiger partial charge in [0.2, 0.25) is 0 Å². The maximum absolute atomic E-state index is 6.72. The molecule has 1 spiro atoms. The van der Waals surface area contributed by atoms with Crippen molar-refractivity contribution in [3.05, 3.63) is 72.8 Å². The van der Waals surface area contributed by atoms with Crippen LogP contribution in [0.2, 0.25) is 0 Å². The fraction of sp³-hybridized carbons (Fsp3) is 0.185. The zero-order valence-electron chi connectivity index (χ0n) is 18.3. The SMILES string of the molecule is CN1CCN2c3cccc4c3[PH]3(c5c(ccc6c7ccccc7n(c56)C5=CC=CCN53)O4)C12. The Balaban J connectivity index is 1.57. The number of benzene rings is 3. The predicted molar refractivity (Wildman–Crippen MR) is 137 cm³/mol. The van der Waals surface area contributed by atoms with Crippen molar-refractivity contribution in [2.24, 2.45) is 0 Å². The van der Waals surface area contributed by atoms with E-state index >= 15 is 0 Å².